The van der Waals surface area contributed by atoms with E-state index in [1.165, 1.54) is 25.7 Å². The average molecular weight is 346 g/mol. The van der Waals surface area contributed by atoms with Crippen molar-refractivity contribution in [3.05, 3.63) is 29.8 Å². The highest BCUT2D eigenvalue weighted by Gasteiger charge is 2.14. The first-order valence-electron chi connectivity index (χ1n) is 9.24. The summed E-state index contributed by atoms with van der Waals surface area (Å²) in [5.41, 5.74) is 1.72. The van der Waals surface area contributed by atoms with Crippen LogP contribution in [0.1, 0.15) is 57.9 Å². The highest BCUT2D eigenvalue weighted by Crippen LogP contribution is 2.17. The molecule has 6 nitrogen and oxygen atoms in total. The molecule has 4 amide bonds. The molecule has 0 bridgehead atoms. The van der Waals surface area contributed by atoms with E-state index in [4.69, 9.17) is 0 Å². The van der Waals surface area contributed by atoms with E-state index in [9.17, 15) is 9.59 Å². The maximum atomic E-state index is 12.0. The zero-order valence-corrected chi connectivity index (χ0v) is 15.2. The zero-order valence-electron chi connectivity index (χ0n) is 15.2. The van der Waals surface area contributed by atoms with Gasteiger partial charge in [-0.1, -0.05) is 37.8 Å². The minimum absolute atomic E-state index is 0.0930. The fourth-order valence-electron chi connectivity index (χ4n) is 2.98. The molecule has 1 fully saturated rings. The lowest BCUT2D eigenvalue weighted by Crippen LogP contribution is -2.41. The number of urea groups is 2. The number of carbonyl (C=O) groups is 2. The molecule has 0 aromatic heterocycles. The lowest BCUT2D eigenvalue weighted by Gasteiger charge is -2.16. The molecule has 25 heavy (non-hydrogen) atoms. The number of hydrogen-bond donors (Lipinski definition) is 4. The highest BCUT2D eigenvalue weighted by atomic mass is 16.2. The first-order valence-corrected chi connectivity index (χ1v) is 9.24. The Labute approximate surface area is 150 Å². The molecule has 0 atom stereocenters. The molecule has 0 saturated heterocycles. The van der Waals surface area contributed by atoms with Gasteiger partial charge in [0.2, 0.25) is 0 Å². The fraction of sp³-hybridized carbons (Fsp3) is 0.579. The molecule has 1 aliphatic rings. The van der Waals surface area contributed by atoms with Gasteiger partial charge < -0.3 is 21.3 Å². The van der Waals surface area contributed by atoms with E-state index in [2.05, 4.69) is 21.3 Å². The van der Waals surface area contributed by atoms with Gasteiger partial charge in [0.15, 0.2) is 0 Å². The first kappa shape index (κ1) is 19.1. The van der Waals surface area contributed by atoms with Crippen molar-refractivity contribution < 1.29 is 9.59 Å². The molecule has 4 N–H and O–H groups in total. The second-order valence-electron chi connectivity index (χ2n) is 6.97. The summed E-state index contributed by atoms with van der Waals surface area (Å²) in [5, 5.41) is 11.5. The Kier molecular flexibility index (Phi) is 7.57. The van der Waals surface area contributed by atoms with E-state index >= 15 is 0 Å². The molecular formula is C19H30N4O2. The highest BCUT2D eigenvalue weighted by molar-refractivity contribution is 5.89. The second-order valence-corrected chi connectivity index (χ2v) is 6.97. The maximum absolute atomic E-state index is 12.0. The molecule has 2 rings (SSSR count). The number of nitrogens with one attached hydrogen (secondary N) is 4. The predicted octanol–water partition coefficient (Wildman–Crippen LogP) is 3.74. The van der Waals surface area contributed by atoms with Crippen molar-refractivity contribution in [1.82, 2.24) is 16.0 Å². The van der Waals surface area contributed by atoms with Gasteiger partial charge in [0, 0.05) is 24.3 Å². The molecule has 0 aliphatic heterocycles. The Balaban J connectivity index is 1.73. The molecule has 0 unspecified atom stereocenters. The first-order chi connectivity index (χ1) is 12.0. The quantitative estimate of drug-likeness (QED) is 0.613. The Morgan fingerprint density at radius 2 is 1.64 bits per heavy atom. The summed E-state index contributed by atoms with van der Waals surface area (Å²) in [6, 6.07) is 7.53. The van der Waals surface area contributed by atoms with Gasteiger partial charge in [0.05, 0.1) is 0 Å². The number of carbonyl (C=O) groups excluding carboxylic acids is 2. The summed E-state index contributed by atoms with van der Waals surface area (Å²) in [6.07, 6.45) is 7.09. The molecule has 1 aromatic carbocycles. The van der Waals surface area contributed by atoms with Crippen LogP contribution in [0.4, 0.5) is 15.3 Å². The SMILES string of the molecule is CC(C)NC(=O)Nc1ccc(CNC(=O)NC2CCCCCC2)cc1. The van der Waals surface area contributed by atoms with Crippen molar-refractivity contribution in [3.8, 4) is 0 Å². The smallest absolute Gasteiger partial charge is 0.319 e. The van der Waals surface area contributed by atoms with E-state index in [-0.39, 0.29) is 18.1 Å². The van der Waals surface area contributed by atoms with Crippen LogP contribution in [0.15, 0.2) is 24.3 Å². The minimum atomic E-state index is -0.219. The van der Waals surface area contributed by atoms with Gasteiger partial charge in [0.25, 0.3) is 0 Å². The van der Waals surface area contributed by atoms with Crippen molar-refractivity contribution in [1.29, 1.82) is 0 Å². The van der Waals surface area contributed by atoms with Crippen molar-refractivity contribution in [2.45, 2.75) is 71.0 Å². The maximum Gasteiger partial charge on any atom is 0.319 e. The number of rotatable bonds is 5. The van der Waals surface area contributed by atoms with Crippen LogP contribution in [0.2, 0.25) is 0 Å². The van der Waals surface area contributed by atoms with Gasteiger partial charge in [-0.15, -0.1) is 0 Å². The number of benzene rings is 1. The van der Waals surface area contributed by atoms with Crippen LogP contribution in [0.25, 0.3) is 0 Å². The third kappa shape index (κ3) is 7.45. The third-order valence-corrected chi connectivity index (χ3v) is 4.28. The van der Waals surface area contributed by atoms with Crippen LogP contribution in [-0.4, -0.2) is 24.1 Å². The number of amides is 4. The topological polar surface area (TPSA) is 82.3 Å². The summed E-state index contributed by atoms with van der Waals surface area (Å²) in [4.78, 5) is 23.7. The van der Waals surface area contributed by atoms with Gasteiger partial charge in [-0.3, -0.25) is 0 Å². The number of hydrogen-bond acceptors (Lipinski definition) is 2. The van der Waals surface area contributed by atoms with Crippen molar-refractivity contribution in [2.24, 2.45) is 0 Å². The fourth-order valence-corrected chi connectivity index (χ4v) is 2.98. The van der Waals surface area contributed by atoms with Crippen LogP contribution < -0.4 is 21.3 Å². The molecule has 138 valence electrons. The largest absolute Gasteiger partial charge is 0.336 e. The Bertz CT molecular complexity index is 549. The molecule has 0 heterocycles. The molecule has 6 heteroatoms. The minimum Gasteiger partial charge on any atom is -0.336 e. The van der Waals surface area contributed by atoms with Gasteiger partial charge in [-0.05, 0) is 44.4 Å². The van der Waals surface area contributed by atoms with Crippen molar-refractivity contribution >= 4 is 17.7 Å². The molecule has 1 aliphatic carbocycles. The molecule has 1 saturated carbocycles. The molecule has 0 spiro atoms. The lowest BCUT2D eigenvalue weighted by atomic mass is 10.1. The van der Waals surface area contributed by atoms with Crippen LogP contribution in [0.3, 0.4) is 0 Å². The lowest BCUT2D eigenvalue weighted by molar-refractivity contribution is 0.235. The van der Waals surface area contributed by atoms with Gasteiger partial charge >= 0.3 is 12.1 Å². The van der Waals surface area contributed by atoms with Crippen LogP contribution in [-0.2, 0) is 6.54 Å². The second kappa shape index (κ2) is 9.91. The normalized spacial score (nSPS) is 15.3. The van der Waals surface area contributed by atoms with E-state index in [1.807, 2.05) is 38.1 Å². The van der Waals surface area contributed by atoms with Crippen LogP contribution >= 0.6 is 0 Å². The van der Waals surface area contributed by atoms with Crippen LogP contribution in [0, 0.1) is 0 Å². The summed E-state index contributed by atoms with van der Waals surface area (Å²) in [5.74, 6) is 0. The standard InChI is InChI=1S/C19H30N4O2/c1-14(2)21-19(25)23-17-11-9-15(10-12-17)13-20-18(24)22-16-7-5-3-4-6-8-16/h9-12,14,16H,3-8,13H2,1-2H3,(H2,20,22,24)(H2,21,23,25). The summed E-state index contributed by atoms with van der Waals surface area (Å²) in [6.45, 7) is 4.29. The van der Waals surface area contributed by atoms with E-state index in [1.54, 1.807) is 0 Å². The Hall–Kier alpha value is -2.24. The Morgan fingerprint density at radius 1 is 1.00 bits per heavy atom. The summed E-state index contributed by atoms with van der Waals surface area (Å²) in [7, 11) is 0. The zero-order chi connectivity index (χ0) is 18.1. The van der Waals surface area contributed by atoms with Crippen molar-refractivity contribution in [3.63, 3.8) is 0 Å². The van der Waals surface area contributed by atoms with E-state index in [0.717, 1.165) is 24.1 Å². The summed E-state index contributed by atoms with van der Waals surface area (Å²) >= 11 is 0. The number of anilines is 1. The van der Waals surface area contributed by atoms with Gasteiger partial charge in [-0.25, -0.2) is 9.59 Å². The average Bonchev–Trinajstić information content (AvgIpc) is 2.82. The molecule has 0 radical (unpaired) electrons. The molecular weight excluding hydrogens is 316 g/mol. The van der Waals surface area contributed by atoms with Gasteiger partial charge in [-0.2, -0.15) is 0 Å². The predicted molar refractivity (Wildman–Crippen MR) is 101 cm³/mol. The molecule has 1 aromatic rings. The third-order valence-electron chi connectivity index (χ3n) is 4.28. The van der Waals surface area contributed by atoms with Crippen LogP contribution in [0.5, 0.6) is 0 Å². The van der Waals surface area contributed by atoms with Crippen molar-refractivity contribution in [2.75, 3.05) is 5.32 Å². The summed E-state index contributed by atoms with van der Waals surface area (Å²) < 4.78 is 0. The van der Waals surface area contributed by atoms with E-state index in [0.29, 0.717) is 12.6 Å². The monoisotopic (exact) mass is 346 g/mol. The van der Waals surface area contributed by atoms with E-state index < -0.39 is 0 Å². The Morgan fingerprint density at radius 3 is 2.24 bits per heavy atom. The van der Waals surface area contributed by atoms with Gasteiger partial charge in [0.1, 0.15) is 0 Å².